The summed E-state index contributed by atoms with van der Waals surface area (Å²) in [7, 11) is 0. The van der Waals surface area contributed by atoms with Crippen LogP contribution in [0.15, 0.2) is 85.1 Å². The van der Waals surface area contributed by atoms with Gasteiger partial charge < -0.3 is 10.2 Å². The van der Waals surface area contributed by atoms with Gasteiger partial charge in [0.2, 0.25) is 0 Å². The standard InChI is InChI=1S/C29H27F2N3O/c30-22-8-11-24(12-9-22)33-29(35)34(19-20-4-2-1-3-5-20)25-13-6-21(7-14-25)26-16-17-32-28-15-10-23(31)18-27(26)28/h1-5,8-12,15-18,21,25H,6-7,13-14,19H2,(H,33,35)/t21-,25-. The SMILES string of the molecule is O=C(Nc1ccc(F)cc1)N(Cc1ccccc1)[C@H]1CC[C@H](c2ccnc3ccc(F)cc32)CC1. The molecule has 2 amide bonds. The number of nitrogens with one attached hydrogen (secondary N) is 1. The molecule has 0 atom stereocenters. The van der Waals surface area contributed by atoms with E-state index in [2.05, 4.69) is 10.3 Å². The third-order valence-corrected chi connectivity index (χ3v) is 6.87. The van der Waals surface area contributed by atoms with Gasteiger partial charge in [-0.05, 0) is 91.3 Å². The van der Waals surface area contributed by atoms with Crippen molar-refractivity contribution >= 4 is 22.6 Å². The number of carbonyl (C=O) groups excluding carboxylic acids is 1. The highest BCUT2D eigenvalue weighted by molar-refractivity contribution is 5.89. The van der Waals surface area contributed by atoms with E-state index in [1.165, 1.54) is 18.2 Å². The zero-order chi connectivity index (χ0) is 24.2. The number of halogens is 2. The second-order valence-electron chi connectivity index (χ2n) is 9.12. The predicted octanol–water partition coefficient (Wildman–Crippen LogP) is 7.27. The molecule has 1 aromatic heterocycles. The van der Waals surface area contributed by atoms with E-state index in [1.54, 1.807) is 30.5 Å². The van der Waals surface area contributed by atoms with E-state index in [4.69, 9.17) is 0 Å². The number of hydrogen-bond acceptors (Lipinski definition) is 2. The zero-order valence-corrected chi connectivity index (χ0v) is 19.3. The Hall–Kier alpha value is -3.80. The van der Waals surface area contributed by atoms with E-state index in [9.17, 15) is 13.6 Å². The second-order valence-corrected chi connectivity index (χ2v) is 9.12. The fraction of sp³-hybridized carbons (Fsp3) is 0.241. The molecular formula is C29H27F2N3O. The first-order valence-electron chi connectivity index (χ1n) is 12.0. The average molecular weight is 472 g/mol. The number of aromatic nitrogens is 1. The fourth-order valence-electron chi connectivity index (χ4n) is 5.07. The van der Waals surface area contributed by atoms with Crippen LogP contribution in [0.1, 0.15) is 42.7 Å². The number of amides is 2. The molecule has 0 spiro atoms. The first kappa shape index (κ1) is 23.0. The lowest BCUT2D eigenvalue weighted by Crippen LogP contribution is -2.44. The Kier molecular flexibility index (Phi) is 6.70. The van der Waals surface area contributed by atoms with Crippen molar-refractivity contribution in [3.05, 3.63) is 108 Å². The van der Waals surface area contributed by atoms with Crippen LogP contribution in [0.25, 0.3) is 10.9 Å². The number of hydrogen-bond donors (Lipinski definition) is 1. The van der Waals surface area contributed by atoms with E-state index in [-0.39, 0.29) is 29.6 Å². The Morgan fingerprint density at radius 1 is 0.886 bits per heavy atom. The molecule has 4 aromatic rings. The summed E-state index contributed by atoms with van der Waals surface area (Å²) in [6, 6.07) is 22.3. The molecule has 5 rings (SSSR count). The zero-order valence-electron chi connectivity index (χ0n) is 19.3. The molecule has 0 bridgehead atoms. The van der Waals surface area contributed by atoms with Gasteiger partial charge in [0.05, 0.1) is 5.52 Å². The number of anilines is 1. The molecule has 0 unspecified atom stereocenters. The maximum absolute atomic E-state index is 13.9. The summed E-state index contributed by atoms with van der Waals surface area (Å²) in [6.45, 7) is 0.493. The van der Waals surface area contributed by atoms with Crippen LogP contribution < -0.4 is 5.32 Å². The summed E-state index contributed by atoms with van der Waals surface area (Å²) in [5.41, 5.74) is 3.54. The van der Waals surface area contributed by atoms with E-state index in [0.717, 1.165) is 47.7 Å². The van der Waals surface area contributed by atoms with Gasteiger partial charge in [-0.3, -0.25) is 4.98 Å². The van der Waals surface area contributed by atoms with Crippen LogP contribution in [0.4, 0.5) is 19.3 Å². The number of nitrogens with zero attached hydrogens (tertiary/aromatic N) is 2. The van der Waals surface area contributed by atoms with Gasteiger partial charge in [0.1, 0.15) is 11.6 Å². The molecule has 1 aliphatic rings. The maximum atomic E-state index is 13.9. The van der Waals surface area contributed by atoms with Gasteiger partial charge >= 0.3 is 6.03 Å². The van der Waals surface area contributed by atoms with Crippen molar-refractivity contribution in [3.63, 3.8) is 0 Å². The van der Waals surface area contributed by atoms with E-state index < -0.39 is 0 Å². The van der Waals surface area contributed by atoms with Crippen molar-refractivity contribution in [1.29, 1.82) is 0 Å². The van der Waals surface area contributed by atoms with Crippen molar-refractivity contribution in [3.8, 4) is 0 Å². The molecule has 1 N–H and O–H groups in total. The fourth-order valence-corrected chi connectivity index (χ4v) is 5.07. The molecule has 0 saturated heterocycles. The smallest absolute Gasteiger partial charge is 0.317 e. The first-order valence-corrected chi connectivity index (χ1v) is 12.0. The van der Waals surface area contributed by atoms with Crippen molar-refractivity contribution in [2.75, 3.05) is 5.32 Å². The number of fused-ring (bicyclic) bond motifs is 1. The van der Waals surface area contributed by atoms with Crippen LogP contribution in [0.3, 0.4) is 0 Å². The Morgan fingerprint density at radius 3 is 2.34 bits per heavy atom. The topological polar surface area (TPSA) is 45.2 Å². The summed E-state index contributed by atoms with van der Waals surface area (Å²) in [5.74, 6) is -0.310. The van der Waals surface area contributed by atoms with Crippen LogP contribution in [0.5, 0.6) is 0 Å². The van der Waals surface area contributed by atoms with Gasteiger partial charge in [0.25, 0.3) is 0 Å². The molecule has 6 heteroatoms. The number of carbonyl (C=O) groups is 1. The number of benzene rings is 3. The van der Waals surface area contributed by atoms with Crippen molar-refractivity contribution in [2.45, 2.75) is 44.2 Å². The van der Waals surface area contributed by atoms with Crippen LogP contribution in [-0.2, 0) is 6.54 Å². The third-order valence-electron chi connectivity index (χ3n) is 6.87. The molecule has 35 heavy (non-hydrogen) atoms. The maximum Gasteiger partial charge on any atom is 0.322 e. The minimum atomic E-state index is -0.342. The number of urea groups is 1. The van der Waals surface area contributed by atoms with Gasteiger partial charge in [-0.25, -0.2) is 13.6 Å². The Labute approximate surface area is 203 Å². The lowest BCUT2D eigenvalue weighted by Gasteiger charge is -2.37. The average Bonchev–Trinajstić information content (AvgIpc) is 2.89. The van der Waals surface area contributed by atoms with Crippen LogP contribution in [0.2, 0.25) is 0 Å². The van der Waals surface area contributed by atoms with Crippen molar-refractivity contribution in [2.24, 2.45) is 0 Å². The van der Waals surface area contributed by atoms with Crippen LogP contribution in [0, 0.1) is 11.6 Å². The lowest BCUT2D eigenvalue weighted by molar-refractivity contribution is 0.158. The van der Waals surface area contributed by atoms with Crippen LogP contribution in [-0.4, -0.2) is 22.0 Å². The highest BCUT2D eigenvalue weighted by atomic mass is 19.1. The van der Waals surface area contributed by atoms with E-state index in [1.807, 2.05) is 41.3 Å². The minimum Gasteiger partial charge on any atom is -0.317 e. The minimum absolute atomic E-state index is 0.0664. The molecule has 1 aliphatic carbocycles. The highest BCUT2D eigenvalue weighted by Gasteiger charge is 2.30. The Bertz CT molecular complexity index is 1300. The normalized spacial score (nSPS) is 17.8. The summed E-state index contributed by atoms with van der Waals surface area (Å²) < 4.78 is 27.3. The quantitative estimate of drug-likeness (QED) is 0.333. The highest BCUT2D eigenvalue weighted by Crippen LogP contribution is 2.38. The van der Waals surface area contributed by atoms with Gasteiger partial charge in [-0.1, -0.05) is 30.3 Å². The summed E-state index contributed by atoms with van der Waals surface area (Å²) in [5, 5.41) is 3.80. The molecule has 1 saturated carbocycles. The summed E-state index contributed by atoms with van der Waals surface area (Å²) in [4.78, 5) is 19.6. The lowest BCUT2D eigenvalue weighted by atomic mass is 9.80. The van der Waals surface area contributed by atoms with Gasteiger partial charge in [-0.15, -0.1) is 0 Å². The summed E-state index contributed by atoms with van der Waals surface area (Å²) in [6.07, 6.45) is 5.27. The molecule has 3 aromatic carbocycles. The molecular weight excluding hydrogens is 444 g/mol. The summed E-state index contributed by atoms with van der Waals surface area (Å²) >= 11 is 0. The molecule has 1 fully saturated rings. The van der Waals surface area contributed by atoms with Gasteiger partial charge in [-0.2, -0.15) is 0 Å². The van der Waals surface area contributed by atoms with Gasteiger partial charge in [0.15, 0.2) is 0 Å². The molecule has 4 nitrogen and oxygen atoms in total. The molecule has 0 aliphatic heterocycles. The largest absolute Gasteiger partial charge is 0.322 e. The van der Waals surface area contributed by atoms with E-state index >= 15 is 0 Å². The Morgan fingerprint density at radius 2 is 1.60 bits per heavy atom. The second kappa shape index (κ2) is 10.2. The van der Waals surface area contributed by atoms with Crippen molar-refractivity contribution < 1.29 is 13.6 Å². The monoisotopic (exact) mass is 471 g/mol. The van der Waals surface area contributed by atoms with Crippen LogP contribution >= 0.6 is 0 Å². The van der Waals surface area contributed by atoms with Crippen molar-refractivity contribution in [1.82, 2.24) is 9.88 Å². The number of pyridine rings is 1. The Balaban J connectivity index is 1.34. The third kappa shape index (κ3) is 5.32. The predicted molar refractivity (Wildman–Crippen MR) is 134 cm³/mol. The van der Waals surface area contributed by atoms with Gasteiger partial charge in [0, 0.05) is 29.9 Å². The molecule has 1 heterocycles. The molecule has 0 radical (unpaired) electrons. The first-order chi connectivity index (χ1) is 17.1. The number of rotatable bonds is 5. The molecule has 178 valence electrons. The van der Waals surface area contributed by atoms with E-state index in [0.29, 0.717) is 12.2 Å².